The van der Waals surface area contributed by atoms with E-state index in [1.165, 1.54) is 0 Å². The molecule has 0 spiro atoms. The van der Waals surface area contributed by atoms with E-state index in [4.69, 9.17) is 0 Å². The molecule has 2 rings (SSSR count). The minimum absolute atomic E-state index is 0.0372. The number of anilines is 1. The van der Waals surface area contributed by atoms with Crippen LogP contribution in [0.25, 0.3) is 0 Å². The van der Waals surface area contributed by atoms with Crippen molar-refractivity contribution in [3.63, 3.8) is 0 Å². The topological polar surface area (TPSA) is 69.7 Å². The molecule has 1 N–H and O–H groups in total. The average Bonchev–Trinajstić information content (AvgIpc) is 2.66. The predicted octanol–water partition coefficient (Wildman–Crippen LogP) is 1.83. The summed E-state index contributed by atoms with van der Waals surface area (Å²) >= 11 is 3.94. The molecule has 1 saturated heterocycles. The number of ketones is 1. The molecule has 1 fully saturated rings. The Kier molecular flexibility index (Phi) is 8.64. The molecule has 6 nitrogen and oxygen atoms in total. The molecule has 7 heteroatoms. The number of Topliss-reactive ketones (excluding diaryl/α,β-unsaturated/α-hetero) is 1. The van der Waals surface area contributed by atoms with Gasteiger partial charge < -0.3 is 10.2 Å². The second kappa shape index (κ2) is 11.0. The molecule has 26 heavy (non-hydrogen) atoms. The van der Waals surface area contributed by atoms with Gasteiger partial charge in [-0.15, -0.1) is 0 Å². The number of para-hydroxylation sites is 1. The van der Waals surface area contributed by atoms with Gasteiger partial charge in [-0.25, -0.2) is 0 Å². The Morgan fingerprint density at radius 3 is 2.27 bits per heavy atom. The van der Waals surface area contributed by atoms with Crippen molar-refractivity contribution in [2.45, 2.75) is 25.7 Å². The van der Waals surface area contributed by atoms with Crippen LogP contribution in [0, 0.1) is 0 Å². The molecule has 1 aliphatic heterocycles. The van der Waals surface area contributed by atoms with Crippen LogP contribution in [-0.4, -0.2) is 65.9 Å². The number of unbranched alkanes of at least 4 members (excludes halogenated alkanes) is 1. The average molecular weight is 378 g/mol. The van der Waals surface area contributed by atoms with Crippen LogP contribution in [0.1, 0.15) is 25.7 Å². The van der Waals surface area contributed by atoms with Gasteiger partial charge in [0.15, 0.2) is 0 Å². The standard InChI is InChI=1S/C19H27N3O3S/c23-17(15-26)8-4-5-9-19(25)22-12-10-21(11-13-22)14-18(24)20-16-6-2-1-3-7-16/h1-3,6-7,26H,4-5,8-15H2,(H,20,24). The number of nitrogens with one attached hydrogen (secondary N) is 1. The van der Waals surface area contributed by atoms with Crippen LogP contribution >= 0.6 is 12.6 Å². The second-order valence-electron chi connectivity index (χ2n) is 6.48. The summed E-state index contributed by atoms with van der Waals surface area (Å²) in [7, 11) is 0. The van der Waals surface area contributed by atoms with Gasteiger partial charge in [-0.2, -0.15) is 12.6 Å². The molecule has 0 radical (unpaired) electrons. The number of thiol groups is 1. The molecule has 1 aromatic carbocycles. The minimum atomic E-state index is -0.0372. The fraction of sp³-hybridized carbons (Fsp3) is 0.526. The van der Waals surface area contributed by atoms with Crippen molar-refractivity contribution >= 4 is 35.9 Å². The minimum Gasteiger partial charge on any atom is -0.340 e. The summed E-state index contributed by atoms with van der Waals surface area (Å²) in [4.78, 5) is 39.4. The predicted molar refractivity (Wildman–Crippen MR) is 105 cm³/mol. The number of amides is 2. The number of hydrogen-bond donors (Lipinski definition) is 2. The summed E-state index contributed by atoms with van der Waals surface area (Å²) in [5.41, 5.74) is 0.794. The van der Waals surface area contributed by atoms with E-state index in [-0.39, 0.29) is 23.4 Å². The Hall–Kier alpha value is -1.86. The number of carbonyl (C=O) groups is 3. The molecule has 0 unspecified atom stereocenters. The highest BCUT2D eigenvalue weighted by Gasteiger charge is 2.22. The van der Waals surface area contributed by atoms with Gasteiger partial charge in [0.25, 0.3) is 0 Å². The van der Waals surface area contributed by atoms with E-state index in [0.29, 0.717) is 45.6 Å². The number of carbonyl (C=O) groups excluding carboxylic acids is 3. The molecule has 142 valence electrons. The van der Waals surface area contributed by atoms with Gasteiger partial charge in [0.1, 0.15) is 5.78 Å². The lowest BCUT2D eigenvalue weighted by Gasteiger charge is -2.34. The number of nitrogens with zero attached hydrogens (tertiary/aromatic N) is 2. The van der Waals surface area contributed by atoms with Crippen molar-refractivity contribution in [1.29, 1.82) is 0 Å². The quantitative estimate of drug-likeness (QED) is 0.509. The fourth-order valence-corrected chi connectivity index (χ4v) is 3.07. The van der Waals surface area contributed by atoms with Crippen LogP contribution in [0.4, 0.5) is 5.69 Å². The van der Waals surface area contributed by atoms with E-state index in [9.17, 15) is 14.4 Å². The first-order valence-electron chi connectivity index (χ1n) is 9.06. The summed E-state index contributed by atoms with van der Waals surface area (Å²) in [6, 6.07) is 9.39. The Bertz CT molecular complexity index is 601. The first-order chi connectivity index (χ1) is 12.6. The lowest BCUT2D eigenvalue weighted by molar-refractivity contribution is -0.133. The molecule has 0 atom stereocenters. The maximum atomic E-state index is 12.2. The third-order valence-electron chi connectivity index (χ3n) is 4.42. The van der Waals surface area contributed by atoms with Gasteiger partial charge in [0, 0.05) is 50.5 Å². The smallest absolute Gasteiger partial charge is 0.238 e. The van der Waals surface area contributed by atoms with Crippen LogP contribution in [-0.2, 0) is 14.4 Å². The Labute approximate surface area is 160 Å². The van der Waals surface area contributed by atoms with Crippen LogP contribution in [0.2, 0.25) is 0 Å². The van der Waals surface area contributed by atoms with Crippen molar-refractivity contribution in [3.05, 3.63) is 30.3 Å². The van der Waals surface area contributed by atoms with Gasteiger partial charge in [0.05, 0.1) is 6.54 Å². The molecule has 2 amide bonds. The van der Waals surface area contributed by atoms with Crippen molar-refractivity contribution < 1.29 is 14.4 Å². The molecule has 0 aromatic heterocycles. The van der Waals surface area contributed by atoms with Crippen LogP contribution in [0.5, 0.6) is 0 Å². The normalized spacial score (nSPS) is 14.9. The van der Waals surface area contributed by atoms with E-state index < -0.39 is 0 Å². The van der Waals surface area contributed by atoms with Crippen molar-refractivity contribution in [1.82, 2.24) is 9.80 Å². The highest BCUT2D eigenvalue weighted by molar-refractivity contribution is 7.81. The third-order valence-corrected chi connectivity index (χ3v) is 4.78. The summed E-state index contributed by atoms with van der Waals surface area (Å²) in [5, 5.41) is 2.88. The summed E-state index contributed by atoms with van der Waals surface area (Å²) in [5.74, 6) is 0.498. The van der Waals surface area contributed by atoms with E-state index in [1.54, 1.807) is 0 Å². The van der Waals surface area contributed by atoms with E-state index >= 15 is 0 Å². The molecule has 1 aromatic rings. The van der Waals surface area contributed by atoms with E-state index in [0.717, 1.165) is 18.5 Å². The lowest BCUT2D eigenvalue weighted by Crippen LogP contribution is -2.50. The molecule has 0 saturated carbocycles. The number of hydrogen-bond acceptors (Lipinski definition) is 5. The SMILES string of the molecule is O=C(CS)CCCCC(=O)N1CCN(CC(=O)Nc2ccccc2)CC1. The molecular formula is C19H27N3O3S. The lowest BCUT2D eigenvalue weighted by atomic mass is 10.1. The Morgan fingerprint density at radius 1 is 0.962 bits per heavy atom. The van der Waals surface area contributed by atoms with Gasteiger partial charge in [0.2, 0.25) is 11.8 Å². The molecule has 0 bridgehead atoms. The Morgan fingerprint density at radius 2 is 1.62 bits per heavy atom. The molecular weight excluding hydrogens is 350 g/mol. The highest BCUT2D eigenvalue weighted by Crippen LogP contribution is 2.09. The van der Waals surface area contributed by atoms with Gasteiger partial charge >= 0.3 is 0 Å². The van der Waals surface area contributed by atoms with E-state index in [1.807, 2.05) is 35.2 Å². The van der Waals surface area contributed by atoms with Gasteiger partial charge in [-0.3, -0.25) is 19.3 Å². The van der Waals surface area contributed by atoms with Crippen molar-refractivity contribution in [2.75, 3.05) is 43.8 Å². The van der Waals surface area contributed by atoms with Gasteiger partial charge in [-0.1, -0.05) is 18.2 Å². The van der Waals surface area contributed by atoms with E-state index in [2.05, 4.69) is 22.8 Å². The monoisotopic (exact) mass is 377 g/mol. The number of piperazine rings is 1. The summed E-state index contributed by atoms with van der Waals surface area (Å²) in [6.07, 6.45) is 2.46. The maximum Gasteiger partial charge on any atom is 0.238 e. The Balaban J connectivity index is 1.62. The molecule has 1 heterocycles. The number of benzene rings is 1. The first-order valence-corrected chi connectivity index (χ1v) is 9.69. The first kappa shape index (κ1) is 20.5. The number of rotatable bonds is 9. The second-order valence-corrected chi connectivity index (χ2v) is 6.79. The zero-order valence-corrected chi connectivity index (χ0v) is 15.9. The molecule has 0 aliphatic carbocycles. The largest absolute Gasteiger partial charge is 0.340 e. The summed E-state index contributed by atoms with van der Waals surface area (Å²) in [6.45, 7) is 3.03. The maximum absolute atomic E-state index is 12.2. The fourth-order valence-electron chi connectivity index (χ4n) is 2.92. The van der Waals surface area contributed by atoms with Crippen LogP contribution in [0.3, 0.4) is 0 Å². The van der Waals surface area contributed by atoms with Crippen LogP contribution < -0.4 is 5.32 Å². The third kappa shape index (κ3) is 7.17. The van der Waals surface area contributed by atoms with Crippen LogP contribution in [0.15, 0.2) is 30.3 Å². The van der Waals surface area contributed by atoms with Crippen molar-refractivity contribution in [2.24, 2.45) is 0 Å². The zero-order chi connectivity index (χ0) is 18.8. The summed E-state index contributed by atoms with van der Waals surface area (Å²) < 4.78 is 0. The van der Waals surface area contributed by atoms with Crippen molar-refractivity contribution in [3.8, 4) is 0 Å². The molecule has 1 aliphatic rings. The zero-order valence-electron chi connectivity index (χ0n) is 15.0. The van der Waals surface area contributed by atoms with Gasteiger partial charge in [-0.05, 0) is 25.0 Å². The highest BCUT2D eigenvalue weighted by atomic mass is 32.1.